The molecule has 2 aliphatic heterocycles. The molecular weight excluding hydrogens is 224 g/mol. The highest BCUT2D eigenvalue weighted by atomic mass is 16.4. The molecule has 2 heterocycles. The summed E-state index contributed by atoms with van der Waals surface area (Å²) in [5.41, 5.74) is 0. The van der Waals surface area contributed by atoms with Gasteiger partial charge in [0.15, 0.2) is 0 Å². The number of hydrogen-bond acceptors (Lipinski definition) is 3. The Morgan fingerprint density at radius 3 is 2.88 bits per heavy atom. The van der Waals surface area contributed by atoms with Crippen LogP contribution in [0.3, 0.4) is 0 Å². The zero-order valence-electron chi connectivity index (χ0n) is 9.07. The molecule has 1 N–H and O–H groups in total. The van der Waals surface area contributed by atoms with Crippen molar-refractivity contribution in [2.75, 3.05) is 6.54 Å². The number of carboxylic acids is 1. The molecule has 0 aromatic rings. The van der Waals surface area contributed by atoms with E-state index >= 15 is 0 Å². The minimum absolute atomic E-state index is 0.386. The number of carbonyl (C=O) groups excluding carboxylic acids is 2. The molecule has 0 radical (unpaired) electrons. The lowest BCUT2D eigenvalue weighted by Crippen LogP contribution is -2.45. The minimum atomic E-state index is -1.02. The molecule has 6 nitrogen and oxygen atoms in total. The first kappa shape index (κ1) is 11.5. The van der Waals surface area contributed by atoms with Crippen LogP contribution >= 0.6 is 0 Å². The van der Waals surface area contributed by atoms with Crippen molar-refractivity contribution >= 4 is 24.0 Å². The number of rotatable bonds is 2. The third-order valence-corrected chi connectivity index (χ3v) is 2.94. The molecule has 0 aromatic carbocycles. The number of likely N-dealkylation sites (tertiary alicyclic amines) is 1. The summed E-state index contributed by atoms with van der Waals surface area (Å²) in [6, 6.07) is -0.811. The number of nitrogens with zero attached hydrogens (tertiary/aromatic N) is 2. The number of allylic oxidation sites excluding steroid dienone is 1. The zero-order valence-corrected chi connectivity index (χ0v) is 9.07. The van der Waals surface area contributed by atoms with Crippen LogP contribution < -0.4 is 0 Å². The molecule has 2 amide bonds. The number of aliphatic imine (C=N–C) groups is 1. The fourth-order valence-electron chi connectivity index (χ4n) is 2.09. The van der Waals surface area contributed by atoms with Gasteiger partial charge in [0.2, 0.25) is 5.91 Å². The van der Waals surface area contributed by atoms with E-state index in [1.165, 1.54) is 23.3 Å². The van der Waals surface area contributed by atoms with E-state index in [2.05, 4.69) is 4.99 Å². The Labute approximate surface area is 97.6 Å². The standard InChI is InChI=1S/C11H12N2O4/c14-9-7(3-1-5-12-9)10(15)13-6-2-4-8(13)11(16)17/h1,3,5,7-8H,2,4,6H2,(H,16,17)/t7?,8-/m0/s1. The summed E-state index contributed by atoms with van der Waals surface area (Å²) in [7, 11) is 0. The monoisotopic (exact) mass is 236 g/mol. The third kappa shape index (κ3) is 2.11. The van der Waals surface area contributed by atoms with Crippen LogP contribution in [-0.4, -0.2) is 46.6 Å². The normalized spacial score (nSPS) is 27.5. The van der Waals surface area contributed by atoms with Crippen LogP contribution in [0.4, 0.5) is 0 Å². The fourth-order valence-corrected chi connectivity index (χ4v) is 2.09. The van der Waals surface area contributed by atoms with Crippen LogP contribution in [0.25, 0.3) is 0 Å². The average Bonchev–Trinajstić information content (AvgIpc) is 2.77. The SMILES string of the molecule is O=C1N=CC=CC1C(=O)N1CCC[C@H]1C(=O)O. The van der Waals surface area contributed by atoms with Crippen LogP contribution in [0.2, 0.25) is 0 Å². The van der Waals surface area contributed by atoms with E-state index in [1.54, 1.807) is 0 Å². The molecule has 6 heteroatoms. The fraction of sp³-hybridized carbons (Fsp3) is 0.455. The van der Waals surface area contributed by atoms with Crippen LogP contribution in [0, 0.1) is 5.92 Å². The van der Waals surface area contributed by atoms with Gasteiger partial charge in [-0.05, 0) is 18.9 Å². The number of hydrogen-bond donors (Lipinski definition) is 1. The summed E-state index contributed by atoms with van der Waals surface area (Å²) in [5, 5.41) is 8.97. The van der Waals surface area contributed by atoms with Crippen molar-refractivity contribution in [3.05, 3.63) is 12.2 Å². The van der Waals surface area contributed by atoms with Gasteiger partial charge in [0.1, 0.15) is 12.0 Å². The summed E-state index contributed by atoms with van der Waals surface area (Å²) in [5.74, 6) is -2.98. The second-order valence-electron chi connectivity index (χ2n) is 4.01. The lowest BCUT2D eigenvalue weighted by molar-refractivity contribution is -0.150. The highest BCUT2D eigenvalue weighted by Gasteiger charge is 2.38. The number of carbonyl (C=O) groups is 3. The second-order valence-corrected chi connectivity index (χ2v) is 4.01. The van der Waals surface area contributed by atoms with Gasteiger partial charge in [-0.2, -0.15) is 0 Å². The molecule has 0 bridgehead atoms. The van der Waals surface area contributed by atoms with Gasteiger partial charge in [0.25, 0.3) is 5.91 Å². The predicted octanol–water partition coefficient (Wildman–Crippen LogP) is -0.155. The summed E-state index contributed by atoms with van der Waals surface area (Å²) < 4.78 is 0. The summed E-state index contributed by atoms with van der Waals surface area (Å²) in [6.45, 7) is 0.386. The zero-order chi connectivity index (χ0) is 12.4. The lowest BCUT2D eigenvalue weighted by atomic mass is 10.0. The van der Waals surface area contributed by atoms with E-state index < -0.39 is 29.7 Å². The highest BCUT2D eigenvalue weighted by molar-refractivity contribution is 6.08. The van der Waals surface area contributed by atoms with Gasteiger partial charge in [0.05, 0.1) is 0 Å². The molecular formula is C11H12N2O4. The molecule has 1 fully saturated rings. The molecule has 0 aromatic heterocycles. The molecule has 2 rings (SSSR count). The van der Waals surface area contributed by atoms with E-state index in [0.29, 0.717) is 19.4 Å². The van der Waals surface area contributed by atoms with Crippen LogP contribution in [-0.2, 0) is 14.4 Å². The Bertz CT molecular complexity index is 427. The second kappa shape index (κ2) is 4.48. The number of amides is 2. The van der Waals surface area contributed by atoms with Crippen molar-refractivity contribution in [3.8, 4) is 0 Å². The Morgan fingerprint density at radius 1 is 1.47 bits per heavy atom. The molecule has 0 aliphatic carbocycles. The van der Waals surface area contributed by atoms with E-state index in [4.69, 9.17) is 5.11 Å². The van der Waals surface area contributed by atoms with Crippen molar-refractivity contribution in [1.29, 1.82) is 0 Å². The number of dihydropyridines is 1. The first-order chi connectivity index (χ1) is 8.11. The van der Waals surface area contributed by atoms with Crippen molar-refractivity contribution in [2.24, 2.45) is 10.9 Å². The molecule has 0 spiro atoms. The first-order valence-electron chi connectivity index (χ1n) is 5.39. The smallest absolute Gasteiger partial charge is 0.326 e. The van der Waals surface area contributed by atoms with Crippen molar-refractivity contribution < 1.29 is 19.5 Å². The molecule has 2 aliphatic rings. The molecule has 2 atom stereocenters. The largest absolute Gasteiger partial charge is 0.480 e. The van der Waals surface area contributed by atoms with Gasteiger partial charge in [-0.3, -0.25) is 9.59 Å². The maximum atomic E-state index is 12.0. The Hall–Kier alpha value is -1.98. The summed E-state index contributed by atoms with van der Waals surface area (Å²) in [6.07, 6.45) is 5.39. The molecule has 0 saturated carbocycles. The third-order valence-electron chi connectivity index (χ3n) is 2.94. The molecule has 1 unspecified atom stereocenters. The van der Waals surface area contributed by atoms with Gasteiger partial charge >= 0.3 is 5.97 Å². The van der Waals surface area contributed by atoms with E-state index in [1.807, 2.05) is 0 Å². The quantitative estimate of drug-likeness (QED) is 0.675. The van der Waals surface area contributed by atoms with Crippen LogP contribution in [0.15, 0.2) is 17.1 Å². The first-order valence-corrected chi connectivity index (χ1v) is 5.39. The van der Waals surface area contributed by atoms with E-state index in [9.17, 15) is 14.4 Å². The maximum absolute atomic E-state index is 12.0. The number of aliphatic carboxylic acids is 1. The predicted molar refractivity (Wildman–Crippen MR) is 58.5 cm³/mol. The topological polar surface area (TPSA) is 87.0 Å². The van der Waals surface area contributed by atoms with E-state index in [0.717, 1.165) is 0 Å². The van der Waals surface area contributed by atoms with Crippen molar-refractivity contribution in [3.63, 3.8) is 0 Å². The minimum Gasteiger partial charge on any atom is -0.480 e. The summed E-state index contributed by atoms with van der Waals surface area (Å²) >= 11 is 0. The van der Waals surface area contributed by atoms with Gasteiger partial charge in [0, 0.05) is 12.8 Å². The number of carboxylic acid groups (broad SMARTS) is 1. The Morgan fingerprint density at radius 2 is 2.24 bits per heavy atom. The van der Waals surface area contributed by atoms with Crippen LogP contribution in [0.5, 0.6) is 0 Å². The van der Waals surface area contributed by atoms with Gasteiger partial charge < -0.3 is 10.0 Å². The van der Waals surface area contributed by atoms with E-state index in [-0.39, 0.29) is 0 Å². The maximum Gasteiger partial charge on any atom is 0.326 e. The van der Waals surface area contributed by atoms with Gasteiger partial charge in [-0.25, -0.2) is 9.79 Å². The highest BCUT2D eigenvalue weighted by Crippen LogP contribution is 2.21. The lowest BCUT2D eigenvalue weighted by Gasteiger charge is -2.24. The molecule has 90 valence electrons. The van der Waals surface area contributed by atoms with Gasteiger partial charge in [-0.1, -0.05) is 6.08 Å². The Kier molecular flexibility index (Phi) is 3.03. The summed E-state index contributed by atoms with van der Waals surface area (Å²) in [4.78, 5) is 39.2. The van der Waals surface area contributed by atoms with Crippen LogP contribution in [0.1, 0.15) is 12.8 Å². The van der Waals surface area contributed by atoms with Gasteiger partial charge in [-0.15, -0.1) is 0 Å². The Balaban J connectivity index is 2.14. The average molecular weight is 236 g/mol. The molecule has 1 saturated heterocycles. The van der Waals surface area contributed by atoms with Crippen molar-refractivity contribution in [2.45, 2.75) is 18.9 Å². The molecule has 17 heavy (non-hydrogen) atoms. The van der Waals surface area contributed by atoms with Crippen molar-refractivity contribution in [1.82, 2.24) is 4.90 Å².